The van der Waals surface area contributed by atoms with Crippen LogP contribution < -0.4 is 4.90 Å². The lowest BCUT2D eigenvalue weighted by atomic mass is 10.1. The zero-order valence-corrected chi connectivity index (χ0v) is 9.38. The van der Waals surface area contributed by atoms with Gasteiger partial charge in [0.2, 0.25) is 0 Å². The van der Waals surface area contributed by atoms with Crippen molar-refractivity contribution in [2.24, 2.45) is 7.05 Å². The van der Waals surface area contributed by atoms with E-state index in [0.29, 0.717) is 0 Å². The van der Waals surface area contributed by atoms with E-state index in [-0.39, 0.29) is 0 Å². The number of rotatable bonds is 1. The fourth-order valence-electron chi connectivity index (χ4n) is 2.30. The van der Waals surface area contributed by atoms with E-state index in [4.69, 9.17) is 0 Å². The molecular weight excluding hydrogens is 174 g/mol. The Kier molecular flexibility index (Phi) is 2.48. The summed E-state index contributed by atoms with van der Waals surface area (Å²) >= 11 is 0. The number of aromatic nitrogens is 2. The van der Waals surface area contributed by atoms with E-state index in [2.05, 4.69) is 23.8 Å². The molecule has 0 N–H and O–H groups in total. The van der Waals surface area contributed by atoms with E-state index in [1.165, 1.54) is 43.7 Å². The van der Waals surface area contributed by atoms with Crippen LogP contribution in [-0.2, 0) is 7.05 Å². The van der Waals surface area contributed by atoms with Crippen LogP contribution >= 0.6 is 0 Å². The first-order valence-corrected chi connectivity index (χ1v) is 5.45. The summed E-state index contributed by atoms with van der Waals surface area (Å²) in [5, 5.41) is 4.46. The van der Waals surface area contributed by atoms with Gasteiger partial charge in [0.15, 0.2) is 0 Å². The summed E-state index contributed by atoms with van der Waals surface area (Å²) < 4.78 is 2.02. The molecule has 1 aromatic rings. The summed E-state index contributed by atoms with van der Waals surface area (Å²) in [6.07, 6.45) is 4.03. The average molecular weight is 193 g/mol. The first kappa shape index (κ1) is 9.56. The third-order valence-corrected chi connectivity index (χ3v) is 3.14. The molecule has 0 spiro atoms. The van der Waals surface area contributed by atoms with Crippen molar-refractivity contribution in [3.05, 3.63) is 11.3 Å². The van der Waals surface area contributed by atoms with E-state index in [9.17, 15) is 0 Å². The van der Waals surface area contributed by atoms with Crippen LogP contribution in [0.5, 0.6) is 0 Å². The Hall–Kier alpha value is -0.990. The third-order valence-electron chi connectivity index (χ3n) is 3.14. The minimum atomic E-state index is 1.16. The molecule has 0 atom stereocenters. The van der Waals surface area contributed by atoms with Crippen LogP contribution in [0.15, 0.2) is 0 Å². The second kappa shape index (κ2) is 3.64. The van der Waals surface area contributed by atoms with Gasteiger partial charge in [-0.25, -0.2) is 0 Å². The van der Waals surface area contributed by atoms with Crippen molar-refractivity contribution >= 4 is 5.82 Å². The fourth-order valence-corrected chi connectivity index (χ4v) is 2.30. The van der Waals surface area contributed by atoms with Gasteiger partial charge in [-0.3, -0.25) is 4.68 Å². The van der Waals surface area contributed by atoms with Gasteiger partial charge in [0.05, 0.1) is 5.69 Å². The van der Waals surface area contributed by atoms with Gasteiger partial charge in [-0.15, -0.1) is 0 Å². The van der Waals surface area contributed by atoms with Crippen LogP contribution in [-0.4, -0.2) is 22.9 Å². The topological polar surface area (TPSA) is 21.1 Å². The lowest BCUT2D eigenvalue weighted by molar-refractivity contribution is 0.560. The maximum Gasteiger partial charge on any atom is 0.129 e. The number of nitrogens with zero attached hydrogens (tertiary/aromatic N) is 3. The molecule has 2 rings (SSSR count). The summed E-state index contributed by atoms with van der Waals surface area (Å²) in [4.78, 5) is 2.47. The smallest absolute Gasteiger partial charge is 0.129 e. The molecule has 1 saturated heterocycles. The van der Waals surface area contributed by atoms with Crippen LogP contribution in [0.1, 0.15) is 30.5 Å². The molecule has 2 heterocycles. The number of anilines is 1. The average Bonchev–Trinajstić information content (AvgIpc) is 2.43. The van der Waals surface area contributed by atoms with Gasteiger partial charge in [0.1, 0.15) is 5.82 Å². The van der Waals surface area contributed by atoms with Crippen LogP contribution in [0, 0.1) is 13.8 Å². The Balaban J connectivity index is 2.29. The van der Waals surface area contributed by atoms with Crippen LogP contribution in [0.25, 0.3) is 0 Å². The predicted octanol–water partition coefficient (Wildman–Crippen LogP) is 2.03. The maximum atomic E-state index is 4.46. The molecule has 1 aliphatic rings. The lowest BCUT2D eigenvalue weighted by Crippen LogP contribution is -2.31. The van der Waals surface area contributed by atoms with Gasteiger partial charge >= 0.3 is 0 Å². The quantitative estimate of drug-likeness (QED) is 0.680. The third kappa shape index (κ3) is 1.51. The Morgan fingerprint density at radius 3 is 2.21 bits per heavy atom. The highest BCUT2D eigenvalue weighted by atomic mass is 15.4. The molecule has 78 valence electrons. The summed E-state index contributed by atoms with van der Waals surface area (Å²) in [7, 11) is 2.05. The number of piperidine rings is 1. The number of hydrogen-bond donors (Lipinski definition) is 0. The highest BCUT2D eigenvalue weighted by molar-refractivity contribution is 5.49. The molecule has 0 radical (unpaired) electrons. The summed E-state index contributed by atoms with van der Waals surface area (Å²) in [5.41, 5.74) is 2.50. The predicted molar refractivity (Wildman–Crippen MR) is 58.7 cm³/mol. The van der Waals surface area contributed by atoms with E-state index < -0.39 is 0 Å². The second-order valence-corrected chi connectivity index (χ2v) is 4.21. The van der Waals surface area contributed by atoms with Gasteiger partial charge in [0, 0.05) is 25.7 Å². The van der Waals surface area contributed by atoms with Gasteiger partial charge in [-0.05, 0) is 33.1 Å². The van der Waals surface area contributed by atoms with Crippen molar-refractivity contribution in [1.29, 1.82) is 0 Å². The molecule has 0 amide bonds. The molecule has 14 heavy (non-hydrogen) atoms. The molecule has 0 aliphatic carbocycles. The Morgan fingerprint density at radius 1 is 1.07 bits per heavy atom. The molecule has 1 fully saturated rings. The maximum absolute atomic E-state index is 4.46. The SMILES string of the molecule is Cc1nn(C)c(N2CCCCC2)c1C. The number of aryl methyl sites for hydroxylation is 2. The highest BCUT2D eigenvalue weighted by Crippen LogP contribution is 2.24. The molecule has 0 saturated carbocycles. The largest absolute Gasteiger partial charge is 0.357 e. The van der Waals surface area contributed by atoms with Crippen LogP contribution in [0.3, 0.4) is 0 Å². The summed E-state index contributed by atoms with van der Waals surface area (Å²) in [6.45, 7) is 6.65. The van der Waals surface area contributed by atoms with Crippen molar-refractivity contribution in [2.75, 3.05) is 18.0 Å². The van der Waals surface area contributed by atoms with Crippen molar-refractivity contribution in [1.82, 2.24) is 9.78 Å². The second-order valence-electron chi connectivity index (χ2n) is 4.21. The zero-order valence-electron chi connectivity index (χ0n) is 9.38. The van der Waals surface area contributed by atoms with Crippen molar-refractivity contribution in [3.63, 3.8) is 0 Å². The zero-order chi connectivity index (χ0) is 10.1. The Bertz CT molecular complexity index is 322. The van der Waals surface area contributed by atoms with Gasteiger partial charge in [0.25, 0.3) is 0 Å². The van der Waals surface area contributed by atoms with Crippen LogP contribution in [0.4, 0.5) is 5.82 Å². The Labute approximate surface area is 85.7 Å². The van der Waals surface area contributed by atoms with E-state index in [1.807, 2.05) is 11.7 Å². The summed E-state index contributed by atoms with van der Waals surface area (Å²) in [6, 6.07) is 0. The van der Waals surface area contributed by atoms with E-state index in [1.54, 1.807) is 0 Å². The minimum Gasteiger partial charge on any atom is -0.357 e. The monoisotopic (exact) mass is 193 g/mol. The Morgan fingerprint density at radius 2 is 1.71 bits per heavy atom. The van der Waals surface area contributed by atoms with Gasteiger partial charge < -0.3 is 4.90 Å². The van der Waals surface area contributed by atoms with Crippen LogP contribution in [0.2, 0.25) is 0 Å². The molecule has 3 nitrogen and oxygen atoms in total. The first-order valence-electron chi connectivity index (χ1n) is 5.45. The molecule has 0 unspecified atom stereocenters. The molecule has 1 aromatic heterocycles. The summed E-state index contributed by atoms with van der Waals surface area (Å²) in [5.74, 6) is 1.32. The van der Waals surface area contributed by atoms with Crippen molar-refractivity contribution < 1.29 is 0 Å². The normalized spacial score (nSPS) is 17.5. The molecule has 1 aliphatic heterocycles. The lowest BCUT2D eigenvalue weighted by Gasteiger charge is -2.29. The minimum absolute atomic E-state index is 1.16. The fraction of sp³-hybridized carbons (Fsp3) is 0.727. The molecule has 0 aromatic carbocycles. The molecule has 0 bridgehead atoms. The van der Waals surface area contributed by atoms with E-state index >= 15 is 0 Å². The van der Waals surface area contributed by atoms with Crippen molar-refractivity contribution in [2.45, 2.75) is 33.1 Å². The van der Waals surface area contributed by atoms with Gasteiger partial charge in [-0.1, -0.05) is 0 Å². The number of hydrogen-bond acceptors (Lipinski definition) is 2. The van der Waals surface area contributed by atoms with Crippen molar-refractivity contribution in [3.8, 4) is 0 Å². The van der Waals surface area contributed by atoms with Gasteiger partial charge in [-0.2, -0.15) is 5.10 Å². The highest BCUT2D eigenvalue weighted by Gasteiger charge is 2.17. The first-order chi connectivity index (χ1) is 6.70. The molecule has 3 heteroatoms. The van der Waals surface area contributed by atoms with E-state index in [0.717, 1.165) is 5.69 Å². The molecular formula is C11H19N3. The standard InChI is InChI=1S/C11H19N3/c1-9-10(2)12-13(3)11(9)14-7-5-4-6-8-14/h4-8H2,1-3H3.